The quantitative estimate of drug-likeness (QED) is 0.390. The third-order valence-electron chi connectivity index (χ3n) is 1.02. The monoisotopic (exact) mass is 115 g/mol. The van der Waals surface area contributed by atoms with Gasteiger partial charge in [0.1, 0.15) is 7.00 Å². The molecule has 0 fully saturated rings. The third-order valence-corrected chi connectivity index (χ3v) is 3.05. The Balaban J connectivity index is 2.83. The van der Waals surface area contributed by atoms with Crippen molar-refractivity contribution in [3.8, 4) is 0 Å². The van der Waals surface area contributed by atoms with E-state index >= 15 is 0 Å². The topological polar surface area (TPSA) is 0 Å². The minimum Gasteiger partial charge on any atom is -0.152 e. The van der Waals surface area contributed by atoms with Gasteiger partial charge in [-0.25, -0.2) is 0 Å². The first-order chi connectivity index (χ1) is 3.31. The Bertz CT molecular complexity index is 39.1. The summed E-state index contributed by atoms with van der Waals surface area (Å²) in [6, 6.07) is 0. The zero-order chi connectivity index (χ0) is 5.70. The van der Waals surface area contributed by atoms with E-state index in [9.17, 15) is 0 Å². The molecule has 1 radical (unpaired) electrons. The minimum atomic E-state index is 0.297. The molecule has 0 aromatic carbocycles. The summed E-state index contributed by atoms with van der Waals surface area (Å²) in [5, 5.41) is 0. The summed E-state index contributed by atoms with van der Waals surface area (Å²) in [6.07, 6.45) is 2.75. The van der Waals surface area contributed by atoms with Crippen LogP contribution in [0.1, 0.15) is 13.3 Å². The predicted molar refractivity (Wildman–Crippen MR) is 39.6 cm³/mol. The van der Waals surface area contributed by atoms with Crippen LogP contribution >= 0.6 is 7.80 Å². The molecule has 1 atom stereocenters. The Morgan fingerprint density at radius 3 is 2.29 bits per heavy atom. The van der Waals surface area contributed by atoms with Crippen LogP contribution in [0.25, 0.3) is 0 Å². The molecular formula is C5H13BP. The maximum absolute atomic E-state index is 2.32. The standard InChI is InChI=1S/C5H13BP/c1-4-5-7(3)6-2/h4-5H2,1-3H3. The maximum Gasteiger partial charge on any atom is 0.142 e. The van der Waals surface area contributed by atoms with Crippen molar-refractivity contribution in [3.05, 3.63) is 0 Å². The molecule has 2 heteroatoms. The first-order valence-electron chi connectivity index (χ1n) is 2.81. The van der Waals surface area contributed by atoms with Crippen molar-refractivity contribution in [3.63, 3.8) is 0 Å². The summed E-state index contributed by atoms with van der Waals surface area (Å²) >= 11 is 0. The summed E-state index contributed by atoms with van der Waals surface area (Å²) in [4.78, 5) is 0. The molecule has 1 unspecified atom stereocenters. The van der Waals surface area contributed by atoms with Gasteiger partial charge in [-0.05, 0) is 6.16 Å². The SMILES string of the molecule is C[B]P(C)CCC. The average molecular weight is 115 g/mol. The van der Waals surface area contributed by atoms with E-state index in [4.69, 9.17) is 0 Å². The first kappa shape index (κ1) is 7.49. The molecule has 0 saturated heterocycles. The number of hydrogen-bond donors (Lipinski definition) is 0. The van der Waals surface area contributed by atoms with E-state index in [1.165, 1.54) is 12.6 Å². The van der Waals surface area contributed by atoms with Gasteiger partial charge in [0.15, 0.2) is 0 Å². The first-order valence-corrected chi connectivity index (χ1v) is 4.85. The van der Waals surface area contributed by atoms with Crippen LogP contribution in [-0.2, 0) is 0 Å². The fourth-order valence-electron chi connectivity index (χ4n) is 0.482. The lowest BCUT2D eigenvalue weighted by atomic mass is 10.2. The second kappa shape index (κ2) is 4.65. The zero-order valence-electron chi connectivity index (χ0n) is 5.44. The fourth-order valence-corrected chi connectivity index (χ4v) is 1.45. The molecule has 0 aromatic rings. The van der Waals surface area contributed by atoms with Gasteiger partial charge in [-0.1, -0.05) is 26.8 Å². The van der Waals surface area contributed by atoms with Crippen molar-refractivity contribution in [2.24, 2.45) is 0 Å². The summed E-state index contributed by atoms with van der Waals surface area (Å²) in [5.74, 6) is 0. The van der Waals surface area contributed by atoms with E-state index in [1.54, 1.807) is 0 Å². The Kier molecular flexibility index (Phi) is 4.98. The van der Waals surface area contributed by atoms with Crippen molar-refractivity contribution in [2.45, 2.75) is 20.2 Å². The van der Waals surface area contributed by atoms with E-state index < -0.39 is 0 Å². The lowest BCUT2D eigenvalue weighted by molar-refractivity contribution is 1.10. The molecule has 7 heavy (non-hydrogen) atoms. The van der Waals surface area contributed by atoms with Gasteiger partial charge in [0.05, 0.1) is 0 Å². The van der Waals surface area contributed by atoms with Gasteiger partial charge >= 0.3 is 0 Å². The molecule has 0 spiro atoms. The van der Waals surface area contributed by atoms with E-state index in [-0.39, 0.29) is 0 Å². The molecule has 0 N–H and O–H groups in total. The molecular weight excluding hydrogens is 102 g/mol. The molecule has 0 rings (SSSR count). The molecule has 0 aliphatic heterocycles. The zero-order valence-corrected chi connectivity index (χ0v) is 6.33. The van der Waals surface area contributed by atoms with Gasteiger partial charge < -0.3 is 0 Å². The molecule has 0 heterocycles. The highest BCUT2D eigenvalue weighted by atomic mass is 31.1. The number of rotatable bonds is 3. The molecule has 0 aliphatic carbocycles. The van der Waals surface area contributed by atoms with Crippen LogP contribution < -0.4 is 0 Å². The number of hydrogen-bond acceptors (Lipinski definition) is 0. The fraction of sp³-hybridized carbons (Fsp3) is 1.00. The Morgan fingerprint density at radius 1 is 1.57 bits per heavy atom. The maximum atomic E-state index is 2.32. The summed E-state index contributed by atoms with van der Waals surface area (Å²) < 4.78 is 0. The smallest absolute Gasteiger partial charge is 0.142 e. The summed E-state index contributed by atoms with van der Waals surface area (Å²) in [7, 11) is 0.297. The largest absolute Gasteiger partial charge is 0.152 e. The predicted octanol–water partition coefficient (Wildman–Crippen LogP) is 2.18. The highest BCUT2D eigenvalue weighted by Gasteiger charge is 1.92. The van der Waals surface area contributed by atoms with Crippen molar-refractivity contribution >= 4 is 14.8 Å². The minimum absolute atomic E-state index is 0.297. The van der Waals surface area contributed by atoms with Crippen LogP contribution in [0.5, 0.6) is 0 Å². The van der Waals surface area contributed by atoms with Gasteiger partial charge in [0, 0.05) is 0 Å². The highest BCUT2D eigenvalue weighted by molar-refractivity contribution is 7.85. The van der Waals surface area contributed by atoms with Crippen LogP contribution in [0.15, 0.2) is 0 Å². The molecule has 0 bridgehead atoms. The Morgan fingerprint density at radius 2 is 2.14 bits per heavy atom. The second-order valence-corrected chi connectivity index (χ2v) is 4.22. The Hall–Kier alpha value is 0.495. The van der Waals surface area contributed by atoms with Crippen LogP contribution in [0.4, 0.5) is 0 Å². The van der Waals surface area contributed by atoms with E-state index in [0.29, 0.717) is 7.80 Å². The highest BCUT2D eigenvalue weighted by Crippen LogP contribution is 2.27. The molecule has 0 aromatic heterocycles. The van der Waals surface area contributed by atoms with Crippen LogP contribution in [0, 0.1) is 0 Å². The van der Waals surface area contributed by atoms with Crippen LogP contribution in [0.2, 0.25) is 6.82 Å². The van der Waals surface area contributed by atoms with Crippen molar-refractivity contribution in [1.82, 2.24) is 0 Å². The molecule has 0 aliphatic rings. The lowest BCUT2D eigenvalue weighted by Gasteiger charge is -2.03. The van der Waals surface area contributed by atoms with Gasteiger partial charge in [-0.3, -0.25) is 0 Å². The van der Waals surface area contributed by atoms with Gasteiger partial charge in [-0.15, -0.1) is 0 Å². The lowest BCUT2D eigenvalue weighted by Crippen LogP contribution is -1.83. The van der Waals surface area contributed by atoms with Crippen molar-refractivity contribution < 1.29 is 0 Å². The van der Waals surface area contributed by atoms with Gasteiger partial charge in [0.2, 0.25) is 0 Å². The normalized spacial score (nSPS) is 13.6. The molecule has 0 saturated carbocycles. The third kappa shape index (κ3) is 4.35. The van der Waals surface area contributed by atoms with E-state index in [1.807, 2.05) is 0 Å². The van der Waals surface area contributed by atoms with Crippen molar-refractivity contribution in [2.75, 3.05) is 12.8 Å². The van der Waals surface area contributed by atoms with Gasteiger partial charge in [0.25, 0.3) is 0 Å². The second-order valence-electron chi connectivity index (χ2n) is 1.74. The molecule has 0 nitrogen and oxygen atoms in total. The molecule has 41 valence electrons. The average Bonchev–Trinajstić information content (AvgIpc) is 1.68. The summed E-state index contributed by atoms with van der Waals surface area (Å²) in [5.41, 5.74) is 0. The van der Waals surface area contributed by atoms with Crippen LogP contribution in [0.3, 0.4) is 0 Å². The van der Waals surface area contributed by atoms with Crippen LogP contribution in [-0.4, -0.2) is 19.8 Å². The molecule has 0 amide bonds. The summed E-state index contributed by atoms with van der Waals surface area (Å²) in [6.45, 7) is 9.03. The van der Waals surface area contributed by atoms with Crippen molar-refractivity contribution in [1.29, 1.82) is 0 Å². The van der Waals surface area contributed by atoms with Gasteiger partial charge in [-0.2, -0.15) is 7.80 Å². The van der Waals surface area contributed by atoms with E-state index in [2.05, 4.69) is 27.4 Å². The van der Waals surface area contributed by atoms with E-state index in [0.717, 1.165) is 0 Å². The Labute approximate surface area is 48.6 Å².